The zero-order valence-corrected chi connectivity index (χ0v) is 12.0. The van der Waals surface area contributed by atoms with Gasteiger partial charge < -0.3 is 5.32 Å². The predicted octanol–water partition coefficient (Wildman–Crippen LogP) is 3.31. The van der Waals surface area contributed by atoms with Crippen LogP contribution in [0.25, 0.3) is 0 Å². The van der Waals surface area contributed by atoms with Crippen molar-refractivity contribution in [3.8, 4) is 0 Å². The second-order valence-corrected chi connectivity index (χ2v) is 6.97. The Kier molecular flexibility index (Phi) is 4.13. The van der Waals surface area contributed by atoms with Gasteiger partial charge in [0.1, 0.15) is 0 Å². The Morgan fingerprint density at radius 3 is 2.93 bits per heavy atom. The first-order valence-electron chi connectivity index (χ1n) is 4.58. The summed E-state index contributed by atoms with van der Waals surface area (Å²) in [5.41, 5.74) is 3.26. The lowest BCUT2D eigenvalue weighted by molar-refractivity contribution is 0.598. The zero-order valence-electron chi connectivity index (χ0n) is 8.24. The average Bonchev–Trinajstić information content (AvgIpc) is 2.85. The number of rotatable bonds is 4. The Balaban J connectivity index is 2.11. The van der Waals surface area contributed by atoms with Gasteiger partial charge in [-0.05, 0) is 46.6 Å². The number of likely N-dealkylation sites (N-methyl/N-ethyl adjacent to an activating group) is 1. The Bertz CT molecular complexity index is 411. The number of hydrogen-bond acceptors (Lipinski definition) is 4. The molecule has 0 aliphatic carbocycles. The summed E-state index contributed by atoms with van der Waals surface area (Å²) in [6, 6.07) is 2.65. The molecular formula is C10H11IN2S2. The molecule has 2 heterocycles. The third kappa shape index (κ3) is 2.99. The van der Waals surface area contributed by atoms with Crippen LogP contribution in [0, 0.1) is 2.88 Å². The van der Waals surface area contributed by atoms with Gasteiger partial charge in [-0.1, -0.05) is 0 Å². The molecule has 0 saturated carbocycles. The molecule has 0 aliphatic rings. The van der Waals surface area contributed by atoms with Crippen LogP contribution in [0.3, 0.4) is 0 Å². The van der Waals surface area contributed by atoms with E-state index in [0.717, 1.165) is 6.42 Å². The Morgan fingerprint density at radius 2 is 2.40 bits per heavy atom. The minimum atomic E-state index is 0.408. The molecule has 0 aromatic carbocycles. The summed E-state index contributed by atoms with van der Waals surface area (Å²) in [6.45, 7) is 0. The van der Waals surface area contributed by atoms with Crippen LogP contribution >= 0.6 is 45.3 Å². The maximum atomic E-state index is 4.10. The minimum absolute atomic E-state index is 0.408. The van der Waals surface area contributed by atoms with E-state index in [1.807, 2.05) is 18.8 Å². The molecule has 0 bridgehead atoms. The summed E-state index contributed by atoms with van der Waals surface area (Å²) < 4.78 is 1.34. The van der Waals surface area contributed by atoms with Crippen molar-refractivity contribution in [3.63, 3.8) is 0 Å². The third-order valence-electron chi connectivity index (χ3n) is 2.23. The summed E-state index contributed by atoms with van der Waals surface area (Å²) in [4.78, 5) is 5.43. The lowest BCUT2D eigenvalue weighted by Crippen LogP contribution is -2.17. The smallest absolute Gasteiger partial charge is 0.0794 e. The van der Waals surface area contributed by atoms with Gasteiger partial charge >= 0.3 is 0 Å². The van der Waals surface area contributed by atoms with Gasteiger partial charge in [0, 0.05) is 23.5 Å². The maximum Gasteiger partial charge on any atom is 0.0794 e. The molecule has 2 aromatic rings. The quantitative estimate of drug-likeness (QED) is 0.856. The van der Waals surface area contributed by atoms with Gasteiger partial charge in [-0.25, -0.2) is 0 Å². The van der Waals surface area contributed by atoms with Crippen molar-refractivity contribution in [2.24, 2.45) is 0 Å². The topological polar surface area (TPSA) is 24.9 Å². The summed E-state index contributed by atoms with van der Waals surface area (Å²) in [5, 5.41) is 5.58. The van der Waals surface area contributed by atoms with E-state index in [4.69, 9.17) is 0 Å². The minimum Gasteiger partial charge on any atom is -0.313 e. The van der Waals surface area contributed by atoms with E-state index in [1.54, 1.807) is 22.7 Å². The normalized spacial score (nSPS) is 12.9. The lowest BCUT2D eigenvalue weighted by atomic mass is 10.1. The molecule has 2 aromatic heterocycles. The molecule has 0 saturated heterocycles. The van der Waals surface area contributed by atoms with Gasteiger partial charge in [0.25, 0.3) is 0 Å². The van der Waals surface area contributed by atoms with Crippen molar-refractivity contribution < 1.29 is 0 Å². The van der Waals surface area contributed by atoms with E-state index < -0.39 is 0 Å². The summed E-state index contributed by atoms with van der Waals surface area (Å²) >= 11 is 5.87. The van der Waals surface area contributed by atoms with Crippen molar-refractivity contribution in [1.82, 2.24) is 10.3 Å². The molecule has 0 amide bonds. The number of nitrogens with zero attached hydrogens (tertiary/aromatic N) is 1. The zero-order chi connectivity index (χ0) is 10.7. The number of halogens is 1. The van der Waals surface area contributed by atoms with E-state index in [0.29, 0.717) is 6.04 Å². The van der Waals surface area contributed by atoms with Crippen LogP contribution < -0.4 is 5.32 Å². The fourth-order valence-electron chi connectivity index (χ4n) is 1.44. The number of hydrogen-bond donors (Lipinski definition) is 1. The third-order valence-corrected chi connectivity index (χ3v) is 4.84. The number of nitrogens with one attached hydrogen (secondary N) is 1. The Morgan fingerprint density at radius 1 is 1.53 bits per heavy atom. The molecule has 5 heteroatoms. The van der Waals surface area contributed by atoms with Gasteiger partial charge in [-0.3, -0.25) is 4.98 Å². The van der Waals surface area contributed by atoms with Gasteiger partial charge in [0.05, 0.1) is 8.39 Å². The van der Waals surface area contributed by atoms with Crippen molar-refractivity contribution in [3.05, 3.63) is 36.5 Å². The molecule has 0 radical (unpaired) electrons. The standard InChI is InChI=1S/C10H11IN2S2/c1-12-9(3-8-4-13-6-15-8)7-2-10(11)14-5-7/h2,4-6,9,12H,3H2,1H3. The Labute approximate surface area is 111 Å². The lowest BCUT2D eigenvalue weighted by Gasteiger charge is -2.13. The SMILES string of the molecule is CNC(Cc1cncs1)c1csc(I)c1. The van der Waals surface area contributed by atoms with Crippen molar-refractivity contribution in [1.29, 1.82) is 0 Å². The fourth-order valence-corrected chi connectivity index (χ4v) is 3.50. The highest BCUT2D eigenvalue weighted by Gasteiger charge is 2.12. The first-order valence-corrected chi connectivity index (χ1v) is 7.42. The van der Waals surface area contributed by atoms with Gasteiger partial charge in [0.2, 0.25) is 0 Å². The maximum absolute atomic E-state index is 4.10. The highest BCUT2D eigenvalue weighted by molar-refractivity contribution is 14.1. The number of thiophene rings is 1. The predicted molar refractivity (Wildman–Crippen MR) is 74.7 cm³/mol. The summed E-state index contributed by atoms with van der Waals surface area (Å²) in [6.07, 6.45) is 2.97. The molecule has 80 valence electrons. The van der Waals surface area contributed by atoms with E-state index >= 15 is 0 Å². The van der Waals surface area contributed by atoms with E-state index in [2.05, 4.69) is 44.3 Å². The molecule has 1 atom stereocenters. The van der Waals surface area contributed by atoms with Gasteiger partial charge in [0.15, 0.2) is 0 Å². The first-order chi connectivity index (χ1) is 7.29. The van der Waals surface area contributed by atoms with Crippen molar-refractivity contribution in [2.45, 2.75) is 12.5 Å². The molecular weight excluding hydrogens is 339 g/mol. The molecule has 0 spiro atoms. The average molecular weight is 350 g/mol. The van der Waals surface area contributed by atoms with Crippen LogP contribution in [-0.2, 0) is 6.42 Å². The van der Waals surface area contributed by atoms with Crippen molar-refractivity contribution >= 4 is 45.3 Å². The van der Waals surface area contributed by atoms with E-state index in [1.165, 1.54) is 13.3 Å². The number of aromatic nitrogens is 1. The molecule has 1 N–H and O–H groups in total. The summed E-state index contributed by atoms with van der Waals surface area (Å²) in [5.74, 6) is 0. The highest BCUT2D eigenvalue weighted by atomic mass is 127. The molecule has 1 unspecified atom stereocenters. The van der Waals surface area contributed by atoms with Crippen LogP contribution in [0.4, 0.5) is 0 Å². The Hall–Kier alpha value is 0.0200. The largest absolute Gasteiger partial charge is 0.313 e. The number of thiazole rings is 1. The molecule has 0 aliphatic heterocycles. The second kappa shape index (κ2) is 5.38. The monoisotopic (exact) mass is 350 g/mol. The highest BCUT2D eigenvalue weighted by Crippen LogP contribution is 2.25. The van der Waals surface area contributed by atoms with E-state index in [9.17, 15) is 0 Å². The molecule has 2 nitrogen and oxygen atoms in total. The van der Waals surface area contributed by atoms with Gasteiger partial charge in [-0.2, -0.15) is 0 Å². The molecule has 2 rings (SSSR count). The molecule has 15 heavy (non-hydrogen) atoms. The van der Waals surface area contributed by atoms with Crippen molar-refractivity contribution in [2.75, 3.05) is 7.05 Å². The summed E-state index contributed by atoms with van der Waals surface area (Å²) in [7, 11) is 2.01. The van der Waals surface area contributed by atoms with Crippen LogP contribution in [0.5, 0.6) is 0 Å². The molecule has 0 fully saturated rings. The first kappa shape index (κ1) is 11.5. The van der Waals surface area contributed by atoms with Crippen LogP contribution in [0.15, 0.2) is 23.2 Å². The van der Waals surface area contributed by atoms with Crippen LogP contribution in [0.1, 0.15) is 16.5 Å². The van der Waals surface area contributed by atoms with Crippen LogP contribution in [-0.4, -0.2) is 12.0 Å². The van der Waals surface area contributed by atoms with Crippen LogP contribution in [0.2, 0.25) is 0 Å². The fraction of sp³-hybridized carbons (Fsp3) is 0.300. The van der Waals surface area contributed by atoms with Gasteiger partial charge in [-0.15, -0.1) is 22.7 Å². The van der Waals surface area contributed by atoms with E-state index in [-0.39, 0.29) is 0 Å². The second-order valence-electron chi connectivity index (χ2n) is 3.20.